The van der Waals surface area contributed by atoms with Gasteiger partial charge in [-0.3, -0.25) is 16.8 Å². The number of rotatable bonds is 14. The normalized spacial score (nSPS) is 15.5. The van der Waals surface area contributed by atoms with Gasteiger partial charge in [-0.1, -0.05) is 6.42 Å². The molecule has 0 aliphatic heterocycles. The Morgan fingerprint density at radius 2 is 1.29 bits per heavy atom. The molecule has 0 radical (unpaired) electrons. The Morgan fingerprint density at radius 3 is 1.71 bits per heavy atom. The third kappa shape index (κ3) is 14.4. The maximum absolute atomic E-state index is 11.6. The van der Waals surface area contributed by atoms with Gasteiger partial charge in [-0.15, -0.1) is 0 Å². The molecule has 0 fully saturated rings. The zero-order valence-corrected chi connectivity index (χ0v) is 17.1. The molecule has 2 unspecified atom stereocenters. The lowest BCUT2D eigenvalue weighted by Crippen LogP contribution is -2.17. The lowest BCUT2D eigenvalue weighted by atomic mass is 10.3. The Kier molecular flexibility index (Phi) is 11.7. The first-order valence-electron chi connectivity index (χ1n) is 7.03. The summed E-state index contributed by atoms with van der Waals surface area (Å²) in [6.45, 7) is 3.31. The van der Waals surface area contributed by atoms with E-state index in [2.05, 4.69) is 8.37 Å². The Bertz CT molecular complexity index is 609. The van der Waals surface area contributed by atoms with Crippen molar-refractivity contribution in [2.45, 2.75) is 39.2 Å². The van der Waals surface area contributed by atoms with Crippen molar-refractivity contribution in [1.82, 2.24) is 0 Å². The van der Waals surface area contributed by atoms with Crippen molar-refractivity contribution >= 4 is 42.1 Å². The SMILES string of the molecule is CC(C)OS(=O)COS(=O)(=O)CCCCCS(=O)(=O)OCS(C)=O. The lowest BCUT2D eigenvalue weighted by Gasteiger charge is -2.08. The minimum absolute atomic E-state index is 0.190. The van der Waals surface area contributed by atoms with Crippen LogP contribution in [-0.4, -0.2) is 61.0 Å². The zero-order chi connectivity index (χ0) is 18.8. The number of unbranched alkanes of at least 4 members (excludes halogenated alkanes) is 2. The molecular weight excluding hydrogens is 404 g/mol. The highest BCUT2D eigenvalue weighted by Crippen LogP contribution is 2.06. The smallest absolute Gasteiger partial charge is 0.268 e. The van der Waals surface area contributed by atoms with Gasteiger partial charge in [0.15, 0.2) is 17.0 Å². The Hall–Kier alpha value is 0.0800. The van der Waals surface area contributed by atoms with E-state index in [1.54, 1.807) is 13.8 Å². The lowest BCUT2D eigenvalue weighted by molar-refractivity contribution is 0.256. The van der Waals surface area contributed by atoms with Gasteiger partial charge in [0.25, 0.3) is 20.2 Å². The maximum Gasteiger partial charge on any atom is 0.268 e. The van der Waals surface area contributed by atoms with E-state index in [4.69, 9.17) is 4.18 Å². The van der Waals surface area contributed by atoms with Crippen LogP contribution in [0.5, 0.6) is 0 Å². The van der Waals surface area contributed by atoms with Gasteiger partial charge in [0.05, 0.1) is 17.6 Å². The Morgan fingerprint density at radius 1 is 0.833 bits per heavy atom. The summed E-state index contributed by atoms with van der Waals surface area (Å²) < 4.78 is 82.0. The maximum atomic E-state index is 11.6. The first-order chi connectivity index (χ1) is 10.9. The van der Waals surface area contributed by atoms with Gasteiger partial charge in [-0.25, -0.2) is 4.21 Å². The number of hydrogen-bond donors (Lipinski definition) is 0. The monoisotopic (exact) mass is 428 g/mol. The molecule has 9 nitrogen and oxygen atoms in total. The van der Waals surface area contributed by atoms with E-state index in [0.717, 1.165) is 0 Å². The summed E-state index contributed by atoms with van der Waals surface area (Å²) >= 11 is -1.85. The summed E-state index contributed by atoms with van der Waals surface area (Å²) in [7, 11) is -8.98. The fourth-order valence-corrected chi connectivity index (χ4v) is 5.21. The van der Waals surface area contributed by atoms with E-state index < -0.39 is 48.1 Å². The van der Waals surface area contributed by atoms with Crippen molar-refractivity contribution in [3.63, 3.8) is 0 Å². The average Bonchev–Trinajstić information content (AvgIpc) is 2.42. The van der Waals surface area contributed by atoms with Crippen LogP contribution < -0.4 is 0 Å². The van der Waals surface area contributed by atoms with Crippen molar-refractivity contribution < 1.29 is 37.8 Å². The zero-order valence-electron chi connectivity index (χ0n) is 13.8. The molecule has 0 aliphatic rings. The molecule has 0 aromatic heterocycles. The summed E-state index contributed by atoms with van der Waals surface area (Å²) in [6, 6.07) is 0. The quantitative estimate of drug-likeness (QED) is 0.282. The van der Waals surface area contributed by atoms with Crippen LogP contribution in [0.3, 0.4) is 0 Å². The van der Waals surface area contributed by atoms with E-state index in [1.165, 1.54) is 6.26 Å². The van der Waals surface area contributed by atoms with E-state index in [-0.39, 0.29) is 36.4 Å². The van der Waals surface area contributed by atoms with Crippen molar-refractivity contribution in [2.75, 3.05) is 29.6 Å². The van der Waals surface area contributed by atoms with Gasteiger partial charge < -0.3 is 0 Å². The van der Waals surface area contributed by atoms with Gasteiger partial charge in [-0.2, -0.15) is 16.8 Å². The third-order valence-corrected chi connectivity index (χ3v) is 6.50. The molecule has 0 aliphatic carbocycles. The summed E-state index contributed by atoms with van der Waals surface area (Å²) in [5.74, 6) is -1.56. The average molecular weight is 429 g/mol. The van der Waals surface area contributed by atoms with Crippen LogP contribution in [0.1, 0.15) is 33.1 Å². The fourth-order valence-electron chi connectivity index (χ4n) is 1.35. The largest absolute Gasteiger partial charge is 0.286 e. The van der Waals surface area contributed by atoms with Crippen LogP contribution in [-0.2, 0) is 54.7 Å². The van der Waals surface area contributed by atoms with Gasteiger partial charge >= 0.3 is 0 Å². The summed E-state index contributed by atoms with van der Waals surface area (Å²) in [6.07, 6.45) is 1.73. The standard InChI is InChI=1S/C11H24O9S4/c1-11(2)20-22(13)10-19-24(16,17)8-6-4-5-7-23(14,15)18-9-21(3)12/h11H,4-10H2,1-3H3. The van der Waals surface area contributed by atoms with Gasteiger partial charge in [0, 0.05) is 17.1 Å². The molecule has 0 spiro atoms. The molecule has 146 valence electrons. The summed E-state index contributed by atoms with van der Waals surface area (Å²) in [5.41, 5.74) is 0. The highest BCUT2D eigenvalue weighted by Gasteiger charge is 2.15. The molecule has 2 atom stereocenters. The van der Waals surface area contributed by atoms with Crippen LogP contribution in [0.2, 0.25) is 0 Å². The van der Waals surface area contributed by atoms with Gasteiger partial charge in [0.1, 0.15) is 5.94 Å². The molecular formula is C11H24O9S4. The molecule has 0 aromatic rings. The van der Waals surface area contributed by atoms with E-state index in [1.807, 2.05) is 0 Å². The van der Waals surface area contributed by atoms with Crippen LogP contribution in [0.15, 0.2) is 0 Å². The van der Waals surface area contributed by atoms with Crippen LogP contribution in [0, 0.1) is 0 Å². The summed E-state index contributed by atoms with van der Waals surface area (Å²) in [5, 5.41) is 0. The molecule has 0 bridgehead atoms. The molecule has 0 amide bonds. The van der Waals surface area contributed by atoms with Gasteiger partial charge in [-0.05, 0) is 26.7 Å². The van der Waals surface area contributed by atoms with Crippen LogP contribution >= 0.6 is 0 Å². The highest BCUT2D eigenvalue weighted by molar-refractivity contribution is 7.88. The van der Waals surface area contributed by atoms with E-state index >= 15 is 0 Å². The molecule has 0 aromatic carbocycles. The predicted molar refractivity (Wildman–Crippen MR) is 91.8 cm³/mol. The second-order valence-electron chi connectivity index (χ2n) is 5.08. The number of hydrogen-bond acceptors (Lipinski definition) is 9. The van der Waals surface area contributed by atoms with E-state index in [0.29, 0.717) is 6.42 Å². The van der Waals surface area contributed by atoms with Gasteiger partial charge in [0.2, 0.25) is 0 Å². The fraction of sp³-hybridized carbons (Fsp3) is 1.00. The predicted octanol–water partition coefficient (Wildman–Crippen LogP) is 0.232. The second-order valence-corrected chi connectivity index (χ2v) is 11.0. The highest BCUT2D eigenvalue weighted by atomic mass is 32.2. The van der Waals surface area contributed by atoms with Crippen molar-refractivity contribution in [3.8, 4) is 0 Å². The molecule has 0 rings (SSSR count). The third-order valence-electron chi connectivity index (χ3n) is 2.31. The molecule has 0 saturated heterocycles. The Labute approximate surface area is 148 Å². The van der Waals surface area contributed by atoms with Crippen LogP contribution in [0.25, 0.3) is 0 Å². The summed E-state index contributed by atoms with van der Waals surface area (Å²) in [4.78, 5) is 0. The minimum Gasteiger partial charge on any atom is -0.286 e. The molecule has 24 heavy (non-hydrogen) atoms. The first-order valence-corrected chi connectivity index (χ1v) is 13.2. The van der Waals surface area contributed by atoms with Crippen molar-refractivity contribution in [1.29, 1.82) is 0 Å². The van der Waals surface area contributed by atoms with Crippen molar-refractivity contribution in [2.24, 2.45) is 0 Å². The molecule has 0 heterocycles. The molecule has 13 heteroatoms. The van der Waals surface area contributed by atoms with E-state index in [9.17, 15) is 25.3 Å². The second kappa shape index (κ2) is 11.6. The molecule has 0 N–H and O–H groups in total. The topological polar surface area (TPSA) is 130 Å². The molecule has 0 saturated carbocycles. The first kappa shape index (κ1) is 24.1. The van der Waals surface area contributed by atoms with Crippen molar-refractivity contribution in [3.05, 3.63) is 0 Å². The Balaban J connectivity index is 3.97. The minimum atomic E-state index is -3.84. The van der Waals surface area contributed by atoms with Crippen LogP contribution in [0.4, 0.5) is 0 Å².